The highest BCUT2D eigenvalue weighted by molar-refractivity contribution is 6.13. The van der Waals surface area contributed by atoms with E-state index in [2.05, 4.69) is 24.3 Å². The van der Waals surface area contributed by atoms with Crippen LogP contribution in [0.15, 0.2) is 57.8 Å². The first kappa shape index (κ1) is 7.99. The molecule has 76 valence electrons. The van der Waals surface area contributed by atoms with Gasteiger partial charge in [-0.1, -0.05) is 36.4 Å². The summed E-state index contributed by atoms with van der Waals surface area (Å²) in [6.07, 6.45) is 3.40. The molecule has 0 N–H and O–H groups in total. The molecule has 2 heterocycles. The molecule has 4 rings (SSSR count). The molecule has 2 aromatic rings. The third-order valence-corrected chi connectivity index (χ3v) is 2.95. The van der Waals surface area contributed by atoms with Crippen molar-refractivity contribution in [2.75, 3.05) is 0 Å². The van der Waals surface area contributed by atoms with Gasteiger partial charge in [-0.05, 0) is 10.8 Å². The summed E-state index contributed by atoms with van der Waals surface area (Å²) in [7, 11) is 0. The van der Waals surface area contributed by atoms with Crippen LogP contribution in [0.3, 0.4) is 0 Å². The molecule has 0 atom stereocenters. The quantitative estimate of drug-likeness (QED) is 0.431. The van der Waals surface area contributed by atoms with E-state index >= 15 is 0 Å². The molecule has 0 radical (unpaired) electrons. The fourth-order valence-electron chi connectivity index (χ4n) is 2.15. The zero-order chi connectivity index (χ0) is 10.5. The fourth-order valence-corrected chi connectivity index (χ4v) is 2.15. The maximum atomic E-state index is 5.43. The third-order valence-electron chi connectivity index (χ3n) is 2.95. The van der Waals surface area contributed by atoms with Crippen LogP contribution in [-0.2, 0) is 0 Å². The number of rotatable bonds is 0. The second-order valence-corrected chi connectivity index (χ2v) is 3.92. The second-order valence-electron chi connectivity index (χ2n) is 3.92. The Hall–Kier alpha value is -2.22. The van der Waals surface area contributed by atoms with Crippen LogP contribution in [0.2, 0.25) is 0 Å². The third kappa shape index (κ3) is 0.959. The summed E-state index contributed by atoms with van der Waals surface area (Å²) in [4.78, 5) is 0. The maximum Gasteiger partial charge on any atom is 0.205 e. The molecule has 0 spiro atoms. The molecule has 2 heteroatoms. The molecule has 0 saturated carbocycles. The lowest BCUT2D eigenvalue weighted by molar-refractivity contribution is 0.553. The van der Waals surface area contributed by atoms with Gasteiger partial charge in [-0.2, -0.15) is 0 Å². The molecule has 0 fully saturated rings. The molecule has 2 aliphatic heterocycles. The molecule has 0 saturated heterocycles. The smallest absolute Gasteiger partial charge is 0.205 e. The Balaban J connectivity index is 2.33. The van der Waals surface area contributed by atoms with E-state index in [0.717, 1.165) is 22.3 Å². The number of hydrogen-bond acceptors (Lipinski definition) is 2. The molecular formula is C14H8O2. The number of benzene rings is 2. The minimum atomic E-state index is 0.839. The Labute approximate surface area is 91.4 Å². The van der Waals surface area contributed by atoms with Crippen LogP contribution < -0.4 is 0 Å². The molecule has 0 unspecified atom stereocenters. The molecule has 0 amide bonds. The van der Waals surface area contributed by atoms with Crippen molar-refractivity contribution in [1.82, 2.24) is 0 Å². The van der Waals surface area contributed by atoms with E-state index in [0.29, 0.717) is 0 Å². The lowest BCUT2D eigenvalue weighted by Gasteiger charge is -1.98. The monoisotopic (exact) mass is 208 g/mol. The Morgan fingerprint density at radius 1 is 0.812 bits per heavy atom. The van der Waals surface area contributed by atoms with Crippen LogP contribution in [-0.4, -0.2) is 0 Å². The zero-order valence-corrected chi connectivity index (χ0v) is 8.44. The van der Waals surface area contributed by atoms with Gasteiger partial charge in [0.05, 0.1) is 6.26 Å². The van der Waals surface area contributed by atoms with Crippen LogP contribution >= 0.6 is 0 Å². The highest BCUT2D eigenvalue weighted by Gasteiger charge is 2.20. The molecule has 2 aliphatic rings. The van der Waals surface area contributed by atoms with Crippen LogP contribution in [0.1, 0.15) is 0 Å². The van der Waals surface area contributed by atoms with Crippen molar-refractivity contribution >= 4 is 21.5 Å². The van der Waals surface area contributed by atoms with Gasteiger partial charge in [0, 0.05) is 10.8 Å². The highest BCUT2D eigenvalue weighted by Crippen LogP contribution is 2.41. The molecule has 16 heavy (non-hydrogen) atoms. The Morgan fingerprint density at radius 2 is 1.69 bits per heavy atom. The van der Waals surface area contributed by atoms with Gasteiger partial charge in [-0.15, -0.1) is 0 Å². The number of hydrogen-bond donors (Lipinski definition) is 0. The lowest BCUT2D eigenvalue weighted by Crippen LogP contribution is -1.73. The predicted octanol–water partition coefficient (Wildman–Crippen LogP) is 4.28. The van der Waals surface area contributed by atoms with Crippen molar-refractivity contribution in [2.24, 2.45) is 0 Å². The van der Waals surface area contributed by atoms with Gasteiger partial charge in [0.2, 0.25) is 5.76 Å². The summed E-state index contributed by atoms with van der Waals surface area (Å²) in [6, 6.07) is 12.5. The van der Waals surface area contributed by atoms with Crippen LogP contribution in [0.25, 0.3) is 33.1 Å². The molecule has 0 aromatic heterocycles. The molecule has 2 nitrogen and oxygen atoms in total. The second kappa shape index (κ2) is 2.67. The van der Waals surface area contributed by atoms with Gasteiger partial charge in [0.1, 0.15) is 6.26 Å². The molecule has 0 aliphatic carbocycles. The summed E-state index contributed by atoms with van der Waals surface area (Å²) in [6.45, 7) is 0. The van der Waals surface area contributed by atoms with E-state index in [9.17, 15) is 0 Å². The largest absolute Gasteiger partial charge is 0.468 e. The van der Waals surface area contributed by atoms with E-state index < -0.39 is 0 Å². The van der Waals surface area contributed by atoms with Gasteiger partial charge in [0.15, 0.2) is 5.76 Å². The van der Waals surface area contributed by atoms with E-state index in [1.807, 2.05) is 12.1 Å². The average molecular weight is 208 g/mol. The lowest BCUT2D eigenvalue weighted by atomic mass is 10.0. The maximum absolute atomic E-state index is 5.43. The summed E-state index contributed by atoms with van der Waals surface area (Å²) in [5, 5.41) is 4.64. The molecule has 0 bridgehead atoms. The fraction of sp³-hybridized carbons (Fsp3) is 0. The van der Waals surface area contributed by atoms with Crippen molar-refractivity contribution in [3.63, 3.8) is 0 Å². The van der Waals surface area contributed by atoms with E-state index in [1.54, 1.807) is 12.5 Å². The summed E-state index contributed by atoms with van der Waals surface area (Å²) in [5.41, 5.74) is 0. The minimum Gasteiger partial charge on any atom is -0.468 e. The SMILES string of the molecule is c1ccc2c(c1)ccc1cocc3oc-3c12. The van der Waals surface area contributed by atoms with E-state index in [4.69, 9.17) is 8.83 Å². The van der Waals surface area contributed by atoms with Crippen molar-refractivity contribution in [2.45, 2.75) is 0 Å². The number of fused-ring (bicyclic) bond motifs is 5. The van der Waals surface area contributed by atoms with Gasteiger partial charge in [0.25, 0.3) is 0 Å². The zero-order valence-electron chi connectivity index (χ0n) is 8.44. The Kier molecular flexibility index (Phi) is 1.33. The molecule has 2 aromatic carbocycles. The minimum absolute atomic E-state index is 0.839. The van der Waals surface area contributed by atoms with Gasteiger partial charge in [-0.25, -0.2) is 0 Å². The first-order valence-electron chi connectivity index (χ1n) is 5.20. The summed E-state index contributed by atoms with van der Waals surface area (Å²) < 4.78 is 10.7. The van der Waals surface area contributed by atoms with Crippen LogP contribution in [0.5, 0.6) is 0 Å². The first-order chi connectivity index (χ1) is 7.93. The first-order valence-corrected chi connectivity index (χ1v) is 5.20. The van der Waals surface area contributed by atoms with Crippen LogP contribution in [0, 0.1) is 0 Å². The highest BCUT2D eigenvalue weighted by atomic mass is 16.4. The summed E-state index contributed by atoms with van der Waals surface area (Å²) >= 11 is 0. The predicted molar refractivity (Wildman–Crippen MR) is 62.6 cm³/mol. The van der Waals surface area contributed by atoms with Crippen molar-refractivity contribution in [3.8, 4) is 11.5 Å². The average Bonchev–Trinajstić information content (AvgIpc) is 3.07. The van der Waals surface area contributed by atoms with Crippen molar-refractivity contribution < 1.29 is 8.83 Å². The van der Waals surface area contributed by atoms with Crippen molar-refractivity contribution in [1.29, 1.82) is 0 Å². The Morgan fingerprint density at radius 3 is 2.69 bits per heavy atom. The summed E-state index contributed by atoms with van der Waals surface area (Å²) in [5.74, 6) is 1.78. The Bertz CT molecular complexity index is 761. The van der Waals surface area contributed by atoms with Crippen molar-refractivity contribution in [3.05, 3.63) is 48.9 Å². The molecular weight excluding hydrogens is 200 g/mol. The van der Waals surface area contributed by atoms with Gasteiger partial charge in [-0.3, -0.25) is 0 Å². The van der Waals surface area contributed by atoms with E-state index in [-0.39, 0.29) is 0 Å². The van der Waals surface area contributed by atoms with Crippen LogP contribution in [0.4, 0.5) is 0 Å². The topological polar surface area (TPSA) is 26.3 Å². The normalized spacial score (nSPS) is 11.8. The standard InChI is InChI=1S/C14H8O2/c1-2-4-11-9(3-1)5-6-10-7-15-8-12-14(16-12)13(10)11/h1-8H. The van der Waals surface area contributed by atoms with Gasteiger partial charge >= 0.3 is 0 Å². The van der Waals surface area contributed by atoms with Gasteiger partial charge < -0.3 is 8.83 Å². The van der Waals surface area contributed by atoms with E-state index in [1.165, 1.54) is 10.8 Å².